The molecule has 0 aliphatic heterocycles. The highest BCUT2D eigenvalue weighted by molar-refractivity contribution is 5.98. The lowest BCUT2D eigenvalue weighted by molar-refractivity contribution is 0.100. The number of nitrogens with two attached hydrogens (primary N) is 3. The van der Waals surface area contributed by atoms with E-state index in [0.29, 0.717) is 29.0 Å². The van der Waals surface area contributed by atoms with Crippen LogP contribution in [0.5, 0.6) is 11.5 Å². The molecule has 0 aromatic heterocycles. The highest BCUT2D eigenvalue weighted by atomic mass is 16.5. The first-order valence-electron chi connectivity index (χ1n) is 5.73. The van der Waals surface area contributed by atoms with Gasteiger partial charge in [0.15, 0.2) is 6.29 Å². The fraction of sp³-hybridized carbons (Fsp3) is 0. The molecular formula is C14H13N3O3. The highest BCUT2D eigenvalue weighted by Crippen LogP contribution is 2.27. The van der Waals surface area contributed by atoms with Crippen LogP contribution in [0.25, 0.3) is 0 Å². The summed E-state index contributed by atoms with van der Waals surface area (Å²) in [6, 6.07) is 9.23. The van der Waals surface area contributed by atoms with Gasteiger partial charge in [0.05, 0.1) is 5.56 Å². The van der Waals surface area contributed by atoms with Crippen LogP contribution in [0.15, 0.2) is 36.4 Å². The van der Waals surface area contributed by atoms with Crippen LogP contribution in [0, 0.1) is 0 Å². The van der Waals surface area contributed by atoms with Gasteiger partial charge in [0, 0.05) is 16.9 Å². The molecule has 0 radical (unpaired) electrons. The SMILES string of the molecule is NC(=O)c1cc(Oc2ccc(N)c(C=O)c2)ccc1N. The topological polar surface area (TPSA) is 121 Å². The van der Waals surface area contributed by atoms with Crippen molar-refractivity contribution < 1.29 is 14.3 Å². The second-order valence-electron chi connectivity index (χ2n) is 4.12. The molecule has 0 fully saturated rings. The summed E-state index contributed by atoms with van der Waals surface area (Å²) < 4.78 is 5.54. The van der Waals surface area contributed by atoms with Gasteiger partial charge in [0.1, 0.15) is 11.5 Å². The first kappa shape index (κ1) is 13.4. The molecule has 0 aliphatic carbocycles. The van der Waals surface area contributed by atoms with E-state index in [1.807, 2.05) is 0 Å². The van der Waals surface area contributed by atoms with Gasteiger partial charge in [-0.2, -0.15) is 0 Å². The predicted octanol–water partition coefficient (Wildman–Crippen LogP) is 1.55. The summed E-state index contributed by atoms with van der Waals surface area (Å²) in [5.74, 6) is 0.162. The molecule has 6 nitrogen and oxygen atoms in total. The van der Waals surface area contributed by atoms with Gasteiger partial charge in [0.25, 0.3) is 5.91 Å². The smallest absolute Gasteiger partial charge is 0.250 e. The van der Waals surface area contributed by atoms with E-state index in [2.05, 4.69) is 0 Å². The van der Waals surface area contributed by atoms with Crippen molar-refractivity contribution in [3.8, 4) is 11.5 Å². The third kappa shape index (κ3) is 2.69. The van der Waals surface area contributed by atoms with E-state index < -0.39 is 5.91 Å². The number of amides is 1. The first-order chi connectivity index (χ1) is 9.51. The number of carbonyl (C=O) groups is 2. The average molecular weight is 271 g/mol. The lowest BCUT2D eigenvalue weighted by Crippen LogP contribution is -2.13. The number of anilines is 2. The third-order valence-electron chi connectivity index (χ3n) is 2.71. The van der Waals surface area contributed by atoms with E-state index in [9.17, 15) is 9.59 Å². The van der Waals surface area contributed by atoms with Crippen LogP contribution in [-0.4, -0.2) is 12.2 Å². The fourth-order valence-electron chi connectivity index (χ4n) is 1.67. The van der Waals surface area contributed by atoms with Crippen molar-refractivity contribution in [1.82, 2.24) is 0 Å². The maximum absolute atomic E-state index is 11.2. The minimum atomic E-state index is -0.640. The zero-order valence-corrected chi connectivity index (χ0v) is 10.5. The van der Waals surface area contributed by atoms with Gasteiger partial charge in [-0.25, -0.2) is 0 Å². The minimum Gasteiger partial charge on any atom is -0.457 e. The van der Waals surface area contributed by atoms with Crippen LogP contribution in [-0.2, 0) is 0 Å². The van der Waals surface area contributed by atoms with Gasteiger partial charge < -0.3 is 21.9 Å². The summed E-state index contributed by atoms with van der Waals surface area (Å²) in [6.07, 6.45) is 0.639. The number of hydrogen-bond acceptors (Lipinski definition) is 5. The van der Waals surface area contributed by atoms with Crippen molar-refractivity contribution in [2.45, 2.75) is 0 Å². The Morgan fingerprint density at radius 3 is 2.20 bits per heavy atom. The minimum absolute atomic E-state index is 0.175. The number of ether oxygens (including phenoxy) is 1. The van der Waals surface area contributed by atoms with Crippen molar-refractivity contribution in [1.29, 1.82) is 0 Å². The average Bonchev–Trinajstić information content (AvgIpc) is 2.42. The third-order valence-corrected chi connectivity index (χ3v) is 2.71. The summed E-state index contributed by atoms with van der Waals surface area (Å²) in [5, 5.41) is 0. The summed E-state index contributed by atoms with van der Waals surface area (Å²) in [5.41, 5.74) is 17.6. The van der Waals surface area contributed by atoms with Crippen molar-refractivity contribution in [3.63, 3.8) is 0 Å². The van der Waals surface area contributed by atoms with E-state index in [1.54, 1.807) is 18.2 Å². The Labute approximate surface area is 115 Å². The molecular weight excluding hydrogens is 258 g/mol. The number of benzene rings is 2. The van der Waals surface area contributed by atoms with Crippen LogP contribution in [0.2, 0.25) is 0 Å². The van der Waals surface area contributed by atoms with Gasteiger partial charge in [0.2, 0.25) is 0 Å². The van der Waals surface area contributed by atoms with Crippen molar-refractivity contribution in [2.24, 2.45) is 5.73 Å². The number of rotatable bonds is 4. The molecule has 0 atom stereocenters. The van der Waals surface area contributed by atoms with Crippen molar-refractivity contribution in [2.75, 3.05) is 11.5 Å². The monoisotopic (exact) mass is 271 g/mol. The van der Waals surface area contributed by atoms with E-state index in [1.165, 1.54) is 18.2 Å². The normalized spacial score (nSPS) is 10.0. The molecule has 0 saturated carbocycles. The number of primary amides is 1. The highest BCUT2D eigenvalue weighted by Gasteiger charge is 2.08. The molecule has 20 heavy (non-hydrogen) atoms. The molecule has 0 unspecified atom stereocenters. The second-order valence-corrected chi connectivity index (χ2v) is 4.12. The number of carbonyl (C=O) groups excluding carboxylic acids is 2. The van der Waals surface area contributed by atoms with Gasteiger partial charge in [-0.15, -0.1) is 0 Å². The molecule has 6 N–H and O–H groups in total. The van der Waals surface area contributed by atoms with Crippen molar-refractivity contribution in [3.05, 3.63) is 47.5 Å². The summed E-state index contributed by atoms with van der Waals surface area (Å²) in [4.78, 5) is 22.0. The van der Waals surface area contributed by atoms with Gasteiger partial charge >= 0.3 is 0 Å². The second kappa shape index (κ2) is 5.31. The maximum atomic E-state index is 11.2. The Bertz CT molecular complexity index is 683. The molecule has 6 heteroatoms. The standard InChI is InChI=1S/C14H13N3O3/c15-12-3-1-9(5-8(12)7-18)20-10-2-4-13(16)11(6-10)14(17)19/h1-7H,15-16H2,(H2,17,19). The van der Waals surface area contributed by atoms with Crippen LogP contribution < -0.4 is 21.9 Å². The van der Waals surface area contributed by atoms with Crippen molar-refractivity contribution >= 4 is 23.6 Å². The van der Waals surface area contributed by atoms with E-state index >= 15 is 0 Å². The van der Waals surface area contributed by atoms with Crippen LogP contribution in [0.4, 0.5) is 11.4 Å². The Hall–Kier alpha value is -3.02. The largest absolute Gasteiger partial charge is 0.457 e. The fourth-order valence-corrected chi connectivity index (χ4v) is 1.67. The summed E-state index contributed by atoms with van der Waals surface area (Å²) in [6.45, 7) is 0. The zero-order chi connectivity index (χ0) is 14.7. The molecule has 2 rings (SSSR count). The van der Waals surface area contributed by atoms with E-state index in [0.717, 1.165) is 0 Å². The molecule has 0 bridgehead atoms. The summed E-state index contributed by atoms with van der Waals surface area (Å²) in [7, 11) is 0. The molecule has 0 spiro atoms. The number of nitrogen functional groups attached to an aromatic ring is 2. The van der Waals surface area contributed by atoms with Gasteiger partial charge in [-0.3, -0.25) is 9.59 Å². The quantitative estimate of drug-likeness (QED) is 0.575. The number of hydrogen-bond donors (Lipinski definition) is 3. The Kier molecular flexibility index (Phi) is 3.56. The summed E-state index contributed by atoms with van der Waals surface area (Å²) >= 11 is 0. The van der Waals surface area contributed by atoms with Crippen LogP contribution in [0.1, 0.15) is 20.7 Å². The van der Waals surface area contributed by atoms with Gasteiger partial charge in [-0.1, -0.05) is 0 Å². The molecule has 2 aromatic rings. The van der Waals surface area contributed by atoms with E-state index in [4.69, 9.17) is 21.9 Å². The molecule has 2 aromatic carbocycles. The molecule has 0 heterocycles. The molecule has 1 amide bonds. The molecule has 0 aliphatic rings. The van der Waals surface area contributed by atoms with Crippen LogP contribution >= 0.6 is 0 Å². The lowest BCUT2D eigenvalue weighted by Gasteiger charge is -2.09. The van der Waals surface area contributed by atoms with E-state index in [-0.39, 0.29) is 11.3 Å². The van der Waals surface area contributed by atoms with Crippen LogP contribution in [0.3, 0.4) is 0 Å². The predicted molar refractivity (Wildman–Crippen MR) is 75.7 cm³/mol. The Morgan fingerprint density at radius 1 is 1.00 bits per heavy atom. The zero-order valence-electron chi connectivity index (χ0n) is 10.5. The van der Waals surface area contributed by atoms with Gasteiger partial charge in [-0.05, 0) is 36.4 Å². The first-order valence-corrected chi connectivity index (χ1v) is 5.73. The Balaban J connectivity index is 2.32. The number of aldehydes is 1. The maximum Gasteiger partial charge on any atom is 0.250 e. The Morgan fingerprint density at radius 2 is 1.60 bits per heavy atom. The molecule has 102 valence electrons. The lowest BCUT2D eigenvalue weighted by atomic mass is 10.1. The molecule has 0 saturated heterocycles.